The van der Waals surface area contributed by atoms with Crippen LogP contribution in [0.4, 0.5) is 23.1 Å². The summed E-state index contributed by atoms with van der Waals surface area (Å²) in [5.74, 6) is 0.445. The highest BCUT2D eigenvalue weighted by atomic mass is 35.5. The minimum atomic E-state index is -0.907. The van der Waals surface area contributed by atoms with E-state index < -0.39 is 12.3 Å². The van der Waals surface area contributed by atoms with Gasteiger partial charge in [0, 0.05) is 19.1 Å². The Morgan fingerprint density at radius 3 is 2.81 bits per heavy atom. The maximum atomic E-state index is 11.7. The topological polar surface area (TPSA) is 123 Å². The van der Waals surface area contributed by atoms with Crippen LogP contribution in [0.1, 0.15) is 19.8 Å². The van der Waals surface area contributed by atoms with Crippen LogP contribution in [0.3, 0.4) is 0 Å². The lowest BCUT2D eigenvalue weighted by atomic mass is 10.0. The van der Waals surface area contributed by atoms with Gasteiger partial charge in [-0.25, -0.2) is 4.98 Å². The minimum Gasteiger partial charge on any atom is -0.389 e. The molecule has 10 heteroatoms. The van der Waals surface area contributed by atoms with E-state index in [0.29, 0.717) is 41.3 Å². The SMILES string of the molecule is C=CC(=O)Nc1ccccc1Nc1nc(N[C@H]2CCCN(C(O)[C@@H](C)O)C2)ncc1Cl. The van der Waals surface area contributed by atoms with Gasteiger partial charge in [-0.05, 0) is 38.0 Å². The highest BCUT2D eigenvalue weighted by Gasteiger charge is 2.27. The van der Waals surface area contributed by atoms with E-state index in [9.17, 15) is 15.0 Å². The molecule has 2 heterocycles. The van der Waals surface area contributed by atoms with Crippen LogP contribution in [0.25, 0.3) is 0 Å². The zero-order valence-electron chi connectivity index (χ0n) is 17.3. The van der Waals surface area contributed by atoms with Crippen LogP contribution in [0.5, 0.6) is 0 Å². The van der Waals surface area contributed by atoms with Crippen LogP contribution < -0.4 is 16.0 Å². The van der Waals surface area contributed by atoms with Gasteiger partial charge in [-0.15, -0.1) is 0 Å². The van der Waals surface area contributed by atoms with E-state index in [1.807, 2.05) is 11.0 Å². The first-order valence-electron chi connectivity index (χ1n) is 10.1. The Balaban J connectivity index is 1.73. The molecule has 5 N–H and O–H groups in total. The fraction of sp³-hybridized carbons (Fsp3) is 0.381. The van der Waals surface area contributed by atoms with Crippen LogP contribution >= 0.6 is 11.6 Å². The number of amides is 1. The van der Waals surface area contributed by atoms with Crippen molar-refractivity contribution < 1.29 is 15.0 Å². The number of aliphatic hydroxyl groups is 2. The summed E-state index contributed by atoms with van der Waals surface area (Å²) >= 11 is 6.29. The molecule has 3 rings (SSSR count). The molecule has 0 bridgehead atoms. The predicted molar refractivity (Wildman–Crippen MR) is 121 cm³/mol. The smallest absolute Gasteiger partial charge is 0.247 e. The third-order valence-electron chi connectivity index (χ3n) is 4.96. The van der Waals surface area contributed by atoms with Gasteiger partial charge in [-0.2, -0.15) is 4.98 Å². The number of aromatic nitrogens is 2. The lowest BCUT2D eigenvalue weighted by Crippen LogP contribution is -2.50. The first-order valence-corrected chi connectivity index (χ1v) is 10.4. The van der Waals surface area contributed by atoms with Crippen molar-refractivity contribution in [3.05, 3.63) is 48.1 Å². The second-order valence-corrected chi connectivity index (χ2v) is 7.79. The third kappa shape index (κ3) is 6.14. The van der Waals surface area contributed by atoms with Crippen LogP contribution in [-0.4, -0.2) is 62.5 Å². The Hall–Kier alpha value is -2.72. The number of para-hydroxylation sites is 2. The van der Waals surface area contributed by atoms with Gasteiger partial charge >= 0.3 is 0 Å². The molecule has 1 unspecified atom stereocenters. The zero-order valence-corrected chi connectivity index (χ0v) is 18.0. The lowest BCUT2D eigenvalue weighted by molar-refractivity contribution is -0.111. The van der Waals surface area contributed by atoms with Crippen LogP contribution in [0.15, 0.2) is 43.1 Å². The molecule has 0 saturated carbocycles. The second kappa shape index (κ2) is 10.5. The summed E-state index contributed by atoms with van der Waals surface area (Å²) in [5, 5.41) is 29.3. The molecular formula is C21H27ClN6O3. The van der Waals surface area contributed by atoms with E-state index in [1.165, 1.54) is 12.3 Å². The van der Waals surface area contributed by atoms with Crippen molar-refractivity contribution in [2.24, 2.45) is 0 Å². The van der Waals surface area contributed by atoms with Gasteiger partial charge in [0.2, 0.25) is 11.9 Å². The summed E-state index contributed by atoms with van der Waals surface area (Å²) < 4.78 is 0. The number of carbonyl (C=O) groups excluding carboxylic acids is 1. The third-order valence-corrected chi connectivity index (χ3v) is 5.24. The number of carbonyl (C=O) groups is 1. The number of halogens is 1. The Morgan fingerprint density at radius 2 is 2.10 bits per heavy atom. The van der Waals surface area contributed by atoms with Crippen LogP contribution in [0.2, 0.25) is 5.02 Å². The normalized spacial score (nSPS) is 18.6. The number of nitrogens with zero attached hydrogens (tertiary/aromatic N) is 3. The molecule has 2 aromatic rings. The molecule has 1 aromatic carbocycles. The van der Waals surface area contributed by atoms with E-state index in [0.717, 1.165) is 12.8 Å². The van der Waals surface area contributed by atoms with Crippen molar-refractivity contribution in [1.29, 1.82) is 0 Å². The van der Waals surface area contributed by atoms with Gasteiger partial charge in [0.1, 0.15) is 11.3 Å². The van der Waals surface area contributed by atoms with Crippen molar-refractivity contribution in [1.82, 2.24) is 14.9 Å². The standard InChI is InChI=1S/C21H27ClN6O3/c1-3-18(30)25-16-8-4-5-9-17(16)26-19-15(22)11-23-21(27-19)24-14-7-6-10-28(12-14)20(31)13(2)29/h3-5,8-9,11,13-14,20,29,31H,1,6-7,10,12H2,2H3,(H,25,30)(H2,23,24,26,27)/t13-,14+,20?/m1/s1. The largest absolute Gasteiger partial charge is 0.389 e. The van der Waals surface area contributed by atoms with Crippen molar-refractivity contribution in [3.8, 4) is 0 Å². The zero-order chi connectivity index (χ0) is 22.4. The fourth-order valence-corrected chi connectivity index (χ4v) is 3.53. The van der Waals surface area contributed by atoms with E-state index in [2.05, 4.69) is 32.5 Å². The van der Waals surface area contributed by atoms with Crippen LogP contribution in [-0.2, 0) is 4.79 Å². The van der Waals surface area contributed by atoms with Gasteiger partial charge < -0.3 is 26.2 Å². The molecule has 0 radical (unpaired) electrons. The Morgan fingerprint density at radius 1 is 1.35 bits per heavy atom. The summed E-state index contributed by atoms with van der Waals surface area (Å²) in [5.41, 5.74) is 1.18. The van der Waals surface area contributed by atoms with E-state index in [-0.39, 0.29) is 11.9 Å². The summed E-state index contributed by atoms with van der Waals surface area (Å²) in [6, 6.07) is 7.18. The highest BCUT2D eigenvalue weighted by Crippen LogP contribution is 2.29. The quantitative estimate of drug-likeness (QED) is 0.392. The Labute approximate surface area is 186 Å². The van der Waals surface area contributed by atoms with E-state index in [4.69, 9.17) is 11.6 Å². The number of aliphatic hydroxyl groups excluding tert-OH is 2. The summed E-state index contributed by atoms with van der Waals surface area (Å²) in [4.78, 5) is 22.3. The molecule has 1 amide bonds. The maximum absolute atomic E-state index is 11.7. The Bertz CT molecular complexity index is 926. The molecule has 1 saturated heterocycles. The minimum absolute atomic E-state index is 0.00958. The first kappa shape index (κ1) is 23.0. The summed E-state index contributed by atoms with van der Waals surface area (Å²) in [6.07, 6.45) is 2.71. The summed E-state index contributed by atoms with van der Waals surface area (Å²) in [7, 11) is 0. The molecule has 1 aliphatic rings. The number of benzene rings is 1. The molecular weight excluding hydrogens is 420 g/mol. The number of rotatable bonds is 8. The molecule has 9 nitrogen and oxygen atoms in total. The van der Waals surface area contributed by atoms with E-state index >= 15 is 0 Å². The van der Waals surface area contributed by atoms with Gasteiger partial charge in [0.25, 0.3) is 0 Å². The van der Waals surface area contributed by atoms with Crippen molar-refractivity contribution in [2.45, 2.75) is 38.1 Å². The lowest BCUT2D eigenvalue weighted by Gasteiger charge is -2.37. The van der Waals surface area contributed by atoms with Crippen molar-refractivity contribution in [3.63, 3.8) is 0 Å². The van der Waals surface area contributed by atoms with Gasteiger partial charge in [-0.1, -0.05) is 30.3 Å². The molecule has 1 fully saturated rings. The molecule has 1 aliphatic heterocycles. The number of nitrogens with one attached hydrogen (secondary N) is 3. The highest BCUT2D eigenvalue weighted by molar-refractivity contribution is 6.33. The average Bonchev–Trinajstić information content (AvgIpc) is 2.76. The number of piperidine rings is 1. The molecule has 3 atom stereocenters. The monoisotopic (exact) mass is 446 g/mol. The number of hydrogen-bond donors (Lipinski definition) is 5. The maximum Gasteiger partial charge on any atom is 0.247 e. The Kier molecular flexibility index (Phi) is 7.80. The molecule has 31 heavy (non-hydrogen) atoms. The van der Waals surface area contributed by atoms with Crippen molar-refractivity contribution >= 4 is 40.6 Å². The second-order valence-electron chi connectivity index (χ2n) is 7.39. The number of anilines is 4. The number of hydrogen-bond acceptors (Lipinski definition) is 8. The molecule has 0 aliphatic carbocycles. The van der Waals surface area contributed by atoms with Gasteiger partial charge in [0.05, 0.1) is 23.7 Å². The van der Waals surface area contributed by atoms with Crippen molar-refractivity contribution in [2.75, 3.05) is 29.0 Å². The average molecular weight is 447 g/mol. The predicted octanol–water partition coefficient (Wildman–Crippen LogP) is 2.57. The van der Waals surface area contributed by atoms with Gasteiger partial charge in [0.15, 0.2) is 5.82 Å². The first-order chi connectivity index (χ1) is 14.9. The number of likely N-dealkylation sites (tertiary alicyclic amines) is 1. The summed E-state index contributed by atoms with van der Waals surface area (Å²) in [6.45, 7) is 6.30. The van der Waals surface area contributed by atoms with Gasteiger partial charge in [-0.3, -0.25) is 9.69 Å². The van der Waals surface area contributed by atoms with Crippen LogP contribution in [0, 0.1) is 0 Å². The van der Waals surface area contributed by atoms with E-state index in [1.54, 1.807) is 25.1 Å². The fourth-order valence-electron chi connectivity index (χ4n) is 3.39. The molecule has 1 aromatic heterocycles. The molecule has 0 spiro atoms. The molecule has 166 valence electrons.